The van der Waals surface area contributed by atoms with Crippen molar-refractivity contribution in [3.05, 3.63) is 22.7 Å². The molecule has 1 aromatic carbocycles. The van der Waals surface area contributed by atoms with Crippen molar-refractivity contribution in [3.8, 4) is 11.5 Å². The Morgan fingerprint density at radius 3 is 2.52 bits per heavy atom. The average Bonchev–Trinajstić information content (AvgIpc) is 2.62. The van der Waals surface area contributed by atoms with Crippen LogP contribution < -0.4 is 14.8 Å². The minimum absolute atomic E-state index is 0.00693. The van der Waals surface area contributed by atoms with Gasteiger partial charge in [0.1, 0.15) is 13.2 Å². The van der Waals surface area contributed by atoms with Gasteiger partial charge in [-0.25, -0.2) is 0 Å². The maximum absolute atomic E-state index is 12.2. The van der Waals surface area contributed by atoms with E-state index >= 15 is 0 Å². The van der Waals surface area contributed by atoms with E-state index in [2.05, 4.69) is 5.32 Å². The number of nitrogens with one attached hydrogen (secondary N) is 1. The summed E-state index contributed by atoms with van der Waals surface area (Å²) < 4.78 is 11.0. The highest BCUT2D eigenvalue weighted by molar-refractivity contribution is 6.32. The number of carboxylic acid groups (broad SMARTS) is 1. The summed E-state index contributed by atoms with van der Waals surface area (Å²) >= 11 is 6.21. The molecule has 1 fully saturated rings. The molecule has 0 unspecified atom stereocenters. The van der Waals surface area contributed by atoms with Crippen molar-refractivity contribution in [1.82, 2.24) is 5.32 Å². The minimum Gasteiger partial charge on any atom is -0.486 e. The third-order valence-electron chi connectivity index (χ3n) is 4.82. The Bertz CT molecular complexity index is 655. The SMILES string of the molecule is O=C(O)C1CCC(C(=O)NCCc2cc(Cl)c3c(c2)OCCO3)CC1. The van der Waals surface area contributed by atoms with E-state index < -0.39 is 5.97 Å². The Hall–Kier alpha value is -1.95. The number of benzene rings is 1. The topological polar surface area (TPSA) is 84.9 Å². The van der Waals surface area contributed by atoms with Crippen LogP contribution in [-0.2, 0) is 16.0 Å². The zero-order valence-electron chi connectivity index (χ0n) is 13.9. The van der Waals surface area contributed by atoms with Crippen LogP contribution in [0.4, 0.5) is 0 Å². The molecule has 1 saturated carbocycles. The Morgan fingerprint density at radius 2 is 1.80 bits per heavy atom. The Balaban J connectivity index is 1.47. The van der Waals surface area contributed by atoms with Gasteiger partial charge >= 0.3 is 5.97 Å². The van der Waals surface area contributed by atoms with Crippen molar-refractivity contribution in [2.75, 3.05) is 19.8 Å². The van der Waals surface area contributed by atoms with Crippen LogP contribution in [0.15, 0.2) is 12.1 Å². The third kappa shape index (κ3) is 4.37. The zero-order chi connectivity index (χ0) is 17.8. The molecule has 0 aromatic heterocycles. The molecule has 136 valence electrons. The van der Waals surface area contributed by atoms with Crippen LogP contribution in [0.1, 0.15) is 31.2 Å². The standard InChI is InChI=1S/C18H22ClNO5/c19-14-9-11(10-15-16(14)25-8-7-24-15)5-6-20-17(21)12-1-3-13(4-2-12)18(22)23/h9-10,12-13H,1-8H2,(H,20,21)(H,22,23). The number of halogens is 1. The summed E-state index contributed by atoms with van der Waals surface area (Å²) in [5, 5.41) is 12.5. The number of rotatable bonds is 5. The lowest BCUT2D eigenvalue weighted by atomic mass is 9.81. The number of hydrogen-bond donors (Lipinski definition) is 2. The molecule has 1 aliphatic carbocycles. The largest absolute Gasteiger partial charge is 0.486 e. The molecule has 1 heterocycles. The maximum Gasteiger partial charge on any atom is 0.306 e. The first-order valence-corrected chi connectivity index (χ1v) is 9.01. The summed E-state index contributed by atoms with van der Waals surface area (Å²) in [5.74, 6) is 0.0909. The number of carbonyl (C=O) groups is 2. The van der Waals surface area contributed by atoms with Gasteiger partial charge in [-0.3, -0.25) is 9.59 Å². The second-order valence-corrected chi connectivity index (χ2v) is 6.94. The highest BCUT2D eigenvalue weighted by Crippen LogP contribution is 2.38. The van der Waals surface area contributed by atoms with E-state index in [0.29, 0.717) is 68.4 Å². The second kappa shape index (κ2) is 7.95. The normalized spacial score (nSPS) is 22.3. The van der Waals surface area contributed by atoms with Gasteiger partial charge in [0, 0.05) is 12.5 Å². The number of carboxylic acids is 1. The van der Waals surface area contributed by atoms with Gasteiger partial charge in [0.15, 0.2) is 11.5 Å². The molecule has 0 radical (unpaired) electrons. The molecular formula is C18H22ClNO5. The summed E-state index contributed by atoms with van der Waals surface area (Å²) in [6.07, 6.45) is 3.07. The third-order valence-corrected chi connectivity index (χ3v) is 5.10. The molecule has 1 aliphatic heterocycles. The predicted octanol–water partition coefficient (Wildman–Crippen LogP) is 2.66. The fourth-order valence-electron chi connectivity index (χ4n) is 3.39. The van der Waals surface area contributed by atoms with Gasteiger partial charge in [0.2, 0.25) is 5.91 Å². The molecule has 0 saturated heterocycles. The van der Waals surface area contributed by atoms with E-state index in [1.165, 1.54) is 0 Å². The molecule has 0 bridgehead atoms. The summed E-state index contributed by atoms with van der Waals surface area (Å²) in [6.45, 7) is 1.50. The van der Waals surface area contributed by atoms with Crippen LogP contribution in [0, 0.1) is 11.8 Å². The van der Waals surface area contributed by atoms with Gasteiger partial charge in [-0.15, -0.1) is 0 Å². The average molecular weight is 368 g/mol. The van der Waals surface area contributed by atoms with Crippen molar-refractivity contribution in [2.24, 2.45) is 11.8 Å². The lowest BCUT2D eigenvalue weighted by Crippen LogP contribution is -2.35. The lowest BCUT2D eigenvalue weighted by Gasteiger charge is -2.25. The van der Waals surface area contributed by atoms with Gasteiger partial charge in [0.05, 0.1) is 10.9 Å². The molecule has 0 atom stereocenters. The quantitative estimate of drug-likeness (QED) is 0.835. The zero-order valence-corrected chi connectivity index (χ0v) is 14.7. The Morgan fingerprint density at radius 1 is 1.12 bits per heavy atom. The number of hydrogen-bond acceptors (Lipinski definition) is 4. The highest BCUT2D eigenvalue weighted by atomic mass is 35.5. The lowest BCUT2D eigenvalue weighted by molar-refractivity contribution is -0.144. The van der Waals surface area contributed by atoms with Crippen LogP contribution in [0.2, 0.25) is 5.02 Å². The number of ether oxygens (including phenoxy) is 2. The molecule has 1 aromatic rings. The van der Waals surface area contributed by atoms with Crippen LogP contribution in [0.5, 0.6) is 11.5 Å². The van der Waals surface area contributed by atoms with Crippen LogP contribution in [0.3, 0.4) is 0 Å². The van der Waals surface area contributed by atoms with E-state index in [9.17, 15) is 9.59 Å². The highest BCUT2D eigenvalue weighted by Gasteiger charge is 2.29. The number of amides is 1. The van der Waals surface area contributed by atoms with E-state index in [1.54, 1.807) is 0 Å². The molecule has 0 spiro atoms. The van der Waals surface area contributed by atoms with Crippen molar-refractivity contribution < 1.29 is 24.2 Å². The first-order valence-electron chi connectivity index (χ1n) is 8.63. The summed E-state index contributed by atoms with van der Waals surface area (Å²) in [7, 11) is 0. The predicted molar refractivity (Wildman–Crippen MR) is 92.2 cm³/mol. The number of fused-ring (bicyclic) bond motifs is 1. The minimum atomic E-state index is -0.755. The van der Waals surface area contributed by atoms with Crippen LogP contribution in [-0.4, -0.2) is 36.7 Å². The van der Waals surface area contributed by atoms with E-state index in [4.69, 9.17) is 26.2 Å². The molecule has 7 heteroatoms. The van der Waals surface area contributed by atoms with Gasteiger partial charge in [-0.05, 0) is 49.8 Å². The van der Waals surface area contributed by atoms with Gasteiger partial charge < -0.3 is 19.9 Å². The van der Waals surface area contributed by atoms with Crippen molar-refractivity contribution >= 4 is 23.5 Å². The molecule has 6 nitrogen and oxygen atoms in total. The van der Waals surface area contributed by atoms with Gasteiger partial charge in [-0.2, -0.15) is 0 Å². The summed E-state index contributed by atoms with van der Waals surface area (Å²) in [5.41, 5.74) is 0.976. The smallest absolute Gasteiger partial charge is 0.306 e. The Labute approximate surface area is 151 Å². The molecule has 1 amide bonds. The van der Waals surface area contributed by atoms with Crippen molar-refractivity contribution in [1.29, 1.82) is 0 Å². The summed E-state index contributed by atoms with van der Waals surface area (Å²) in [4.78, 5) is 23.2. The molecular weight excluding hydrogens is 346 g/mol. The molecule has 2 N–H and O–H groups in total. The van der Waals surface area contributed by atoms with Crippen molar-refractivity contribution in [3.63, 3.8) is 0 Å². The van der Waals surface area contributed by atoms with Gasteiger partial charge in [0.25, 0.3) is 0 Å². The van der Waals surface area contributed by atoms with E-state index in [0.717, 1.165) is 5.56 Å². The fourth-order valence-corrected chi connectivity index (χ4v) is 3.67. The van der Waals surface area contributed by atoms with Crippen LogP contribution in [0.25, 0.3) is 0 Å². The molecule has 3 rings (SSSR count). The number of carbonyl (C=O) groups excluding carboxylic acids is 1. The first-order chi connectivity index (χ1) is 12.0. The monoisotopic (exact) mass is 367 g/mol. The molecule has 2 aliphatic rings. The van der Waals surface area contributed by atoms with Crippen molar-refractivity contribution in [2.45, 2.75) is 32.1 Å². The number of aliphatic carboxylic acids is 1. The summed E-state index contributed by atoms with van der Waals surface area (Å²) in [6, 6.07) is 3.73. The van der Waals surface area contributed by atoms with Crippen LogP contribution >= 0.6 is 11.6 Å². The van der Waals surface area contributed by atoms with E-state index in [-0.39, 0.29) is 17.7 Å². The fraction of sp³-hybridized carbons (Fsp3) is 0.556. The second-order valence-electron chi connectivity index (χ2n) is 6.53. The maximum atomic E-state index is 12.2. The first kappa shape index (κ1) is 17.9. The van der Waals surface area contributed by atoms with E-state index in [1.807, 2.05) is 12.1 Å². The van der Waals surface area contributed by atoms with Gasteiger partial charge in [-0.1, -0.05) is 11.6 Å². The molecule has 25 heavy (non-hydrogen) atoms. The Kier molecular flexibility index (Phi) is 5.68.